The molecule has 2 nitrogen and oxygen atoms in total. The fourth-order valence-corrected chi connectivity index (χ4v) is 2.57. The third-order valence-electron chi connectivity index (χ3n) is 3.46. The minimum atomic E-state index is 0.900. The highest BCUT2D eigenvalue weighted by Crippen LogP contribution is 2.34. The van der Waals surface area contributed by atoms with Crippen LogP contribution in [0.3, 0.4) is 0 Å². The van der Waals surface area contributed by atoms with Crippen molar-refractivity contribution >= 4 is 0 Å². The lowest BCUT2D eigenvalue weighted by Gasteiger charge is -2.14. The van der Waals surface area contributed by atoms with Gasteiger partial charge in [-0.25, -0.2) is 0 Å². The molecule has 0 spiro atoms. The van der Waals surface area contributed by atoms with Crippen molar-refractivity contribution in [2.24, 2.45) is 0 Å². The molecule has 106 valence electrons. The van der Waals surface area contributed by atoms with Crippen molar-refractivity contribution in [2.45, 2.75) is 27.3 Å². The predicted octanol–water partition coefficient (Wildman–Crippen LogP) is 4.09. The standard InChI is InChI=1S/C18H23NO/c1-5-19-12-15-7-6-8-16(11-15)18-14(3)9-13(2)10-17(18)20-4/h6-11,19H,5,12H2,1-4H3. The summed E-state index contributed by atoms with van der Waals surface area (Å²) in [6.07, 6.45) is 0. The lowest BCUT2D eigenvalue weighted by molar-refractivity contribution is 0.416. The van der Waals surface area contributed by atoms with Crippen LogP contribution in [0.1, 0.15) is 23.6 Å². The van der Waals surface area contributed by atoms with Crippen molar-refractivity contribution in [3.63, 3.8) is 0 Å². The van der Waals surface area contributed by atoms with Gasteiger partial charge in [0.05, 0.1) is 7.11 Å². The molecule has 0 aliphatic rings. The van der Waals surface area contributed by atoms with Gasteiger partial charge in [0.2, 0.25) is 0 Å². The molecule has 0 saturated carbocycles. The van der Waals surface area contributed by atoms with Gasteiger partial charge in [-0.05, 0) is 54.8 Å². The van der Waals surface area contributed by atoms with E-state index in [0.29, 0.717) is 0 Å². The highest BCUT2D eigenvalue weighted by Gasteiger charge is 2.10. The zero-order chi connectivity index (χ0) is 14.5. The molecule has 2 aromatic carbocycles. The molecule has 0 fully saturated rings. The highest BCUT2D eigenvalue weighted by molar-refractivity contribution is 5.75. The Bertz CT molecular complexity index is 590. The SMILES string of the molecule is CCNCc1cccc(-c2c(C)cc(C)cc2OC)c1. The predicted molar refractivity (Wildman–Crippen MR) is 85.3 cm³/mol. The van der Waals surface area contributed by atoms with E-state index in [1.165, 1.54) is 27.8 Å². The van der Waals surface area contributed by atoms with Crippen LogP contribution in [0.4, 0.5) is 0 Å². The Morgan fingerprint density at radius 3 is 2.60 bits per heavy atom. The molecule has 2 heteroatoms. The lowest BCUT2D eigenvalue weighted by Crippen LogP contribution is -2.11. The van der Waals surface area contributed by atoms with Gasteiger partial charge in [-0.1, -0.05) is 31.2 Å². The molecule has 0 bridgehead atoms. The Morgan fingerprint density at radius 2 is 1.90 bits per heavy atom. The van der Waals surface area contributed by atoms with E-state index >= 15 is 0 Å². The average molecular weight is 269 g/mol. The molecule has 0 aliphatic carbocycles. The maximum Gasteiger partial charge on any atom is 0.127 e. The van der Waals surface area contributed by atoms with Crippen LogP contribution in [0.5, 0.6) is 5.75 Å². The van der Waals surface area contributed by atoms with Crippen LogP contribution < -0.4 is 10.1 Å². The molecule has 2 rings (SSSR count). The van der Waals surface area contributed by atoms with E-state index in [4.69, 9.17) is 4.74 Å². The quantitative estimate of drug-likeness (QED) is 0.882. The van der Waals surface area contributed by atoms with Crippen LogP contribution in [0.15, 0.2) is 36.4 Å². The smallest absolute Gasteiger partial charge is 0.127 e. The number of nitrogens with one attached hydrogen (secondary N) is 1. The summed E-state index contributed by atoms with van der Waals surface area (Å²) in [5, 5.41) is 3.36. The van der Waals surface area contributed by atoms with Crippen molar-refractivity contribution in [1.29, 1.82) is 0 Å². The Labute approximate surface area is 121 Å². The number of hydrogen-bond donors (Lipinski definition) is 1. The molecule has 0 aliphatic heterocycles. The first-order chi connectivity index (χ1) is 9.65. The molecule has 0 atom stereocenters. The van der Waals surface area contributed by atoms with E-state index in [2.05, 4.69) is 62.5 Å². The number of methoxy groups -OCH3 is 1. The molecule has 0 unspecified atom stereocenters. The molecule has 0 radical (unpaired) electrons. The molecule has 2 aromatic rings. The summed E-state index contributed by atoms with van der Waals surface area (Å²) in [4.78, 5) is 0. The fourth-order valence-electron chi connectivity index (χ4n) is 2.57. The minimum absolute atomic E-state index is 0.900. The first kappa shape index (κ1) is 14.6. The Kier molecular flexibility index (Phi) is 4.80. The van der Waals surface area contributed by atoms with Crippen LogP contribution in [0, 0.1) is 13.8 Å². The van der Waals surface area contributed by atoms with E-state index in [1.54, 1.807) is 7.11 Å². The molecule has 1 N–H and O–H groups in total. The molecular weight excluding hydrogens is 246 g/mol. The van der Waals surface area contributed by atoms with Crippen LogP contribution >= 0.6 is 0 Å². The van der Waals surface area contributed by atoms with Crippen molar-refractivity contribution in [1.82, 2.24) is 5.32 Å². The van der Waals surface area contributed by atoms with Crippen LogP contribution in [0.2, 0.25) is 0 Å². The number of rotatable bonds is 5. The maximum absolute atomic E-state index is 5.57. The second-order valence-corrected chi connectivity index (χ2v) is 5.14. The second kappa shape index (κ2) is 6.58. The number of aryl methyl sites for hydroxylation is 2. The molecule has 0 heterocycles. The lowest BCUT2D eigenvalue weighted by atomic mass is 9.96. The van der Waals surface area contributed by atoms with Gasteiger partial charge >= 0.3 is 0 Å². The zero-order valence-electron chi connectivity index (χ0n) is 12.8. The van der Waals surface area contributed by atoms with Gasteiger partial charge < -0.3 is 10.1 Å². The summed E-state index contributed by atoms with van der Waals surface area (Å²) < 4.78 is 5.57. The minimum Gasteiger partial charge on any atom is -0.496 e. The van der Waals surface area contributed by atoms with E-state index in [1.807, 2.05) is 0 Å². The summed E-state index contributed by atoms with van der Waals surface area (Å²) in [5.41, 5.74) is 6.19. The monoisotopic (exact) mass is 269 g/mol. The number of ether oxygens (including phenoxy) is 1. The fraction of sp³-hybridized carbons (Fsp3) is 0.333. The largest absolute Gasteiger partial charge is 0.496 e. The van der Waals surface area contributed by atoms with Gasteiger partial charge in [0.15, 0.2) is 0 Å². The van der Waals surface area contributed by atoms with Crippen LogP contribution in [0.25, 0.3) is 11.1 Å². The van der Waals surface area contributed by atoms with Gasteiger partial charge in [0.25, 0.3) is 0 Å². The van der Waals surface area contributed by atoms with Gasteiger partial charge in [-0.15, -0.1) is 0 Å². The topological polar surface area (TPSA) is 21.3 Å². The normalized spacial score (nSPS) is 10.6. The molecule has 20 heavy (non-hydrogen) atoms. The maximum atomic E-state index is 5.57. The molecule has 0 saturated heterocycles. The first-order valence-electron chi connectivity index (χ1n) is 7.11. The second-order valence-electron chi connectivity index (χ2n) is 5.14. The summed E-state index contributed by atoms with van der Waals surface area (Å²) >= 11 is 0. The highest BCUT2D eigenvalue weighted by atomic mass is 16.5. The van der Waals surface area contributed by atoms with Crippen molar-refractivity contribution in [2.75, 3.05) is 13.7 Å². The van der Waals surface area contributed by atoms with Gasteiger partial charge in [-0.2, -0.15) is 0 Å². The Hall–Kier alpha value is -1.80. The average Bonchev–Trinajstić information content (AvgIpc) is 2.44. The summed E-state index contributed by atoms with van der Waals surface area (Å²) in [6.45, 7) is 8.24. The van der Waals surface area contributed by atoms with Crippen molar-refractivity contribution < 1.29 is 4.74 Å². The summed E-state index contributed by atoms with van der Waals surface area (Å²) in [6, 6.07) is 13.0. The van der Waals surface area contributed by atoms with Gasteiger partial charge in [0, 0.05) is 12.1 Å². The Morgan fingerprint density at radius 1 is 1.10 bits per heavy atom. The van der Waals surface area contributed by atoms with E-state index in [9.17, 15) is 0 Å². The molecular formula is C18H23NO. The first-order valence-corrected chi connectivity index (χ1v) is 7.11. The third-order valence-corrected chi connectivity index (χ3v) is 3.46. The van der Waals surface area contributed by atoms with Crippen LogP contribution in [-0.4, -0.2) is 13.7 Å². The van der Waals surface area contributed by atoms with Crippen molar-refractivity contribution in [3.8, 4) is 16.9 Å². The Balaban J connectivity index is 2.45. The summed E-state index contributed by atoms with van der Waals surface area (Å²) in [7, 11) is 1.74. The van der Waals surface area contributed by atoms with E-state index in [0.717, 1.165) is 18.8 Å². The third kappa shape index (κ3) is 3.20. The molecule has 0 aromatic heterocycles. The van der Waals surface area contributed by atoms with Crippen LogP contribution in [-0.2, 0) is 6.54 Å². The molecule has 0 amide bonds. The zero-order valence-corrected chi connectivity index (χ0v) is 12.8. The van der Waals surface area contributed by atoms with Crippen molar-refractivity contribution in [3.05, 3.63) is 53.1 Å². The van der Waals surface area contributed by atoms with Gasteiger partial charge in [-0.3, -0.25) is 0 Å². The number of benzene rings is 2. The summed E-state index contributed by atoms with van der Waals surface area (Å²) in [5.74, 6) is 0.947. The van der Waals surface area contributed by atoms with E-state index in [-0.39, 0.29) is 0 Å². The van der Waals surface area contributed by atoms with E-state index < -0.39 is 0 Å². The number of hydrogen-bond acceptors (Lipinski definition) is 2. The van der Waals surface area contributed by atoms with Gasteiger partial charge in [0.1, 0.15) is 5.75 Å².